The van der Waals surface area contributed by atoms with Gasteiger partial charge >= 0.3 is 0 Å². The van der Waals surface area contributed by atoms with Gasteiger partial charge in [-0.05, 0) is 51.3 Å². The maximum Gasteiger partial charge on any atom is 0.241 e. The van der Waals surface area contributed by atoms with Gasteiger partial charge < -0.3 is 5.32 Å². The van der Waals surface area contributed by atoms with Gasteiger partial charge in [0.1, 0.15) is 0 Å². The highest BCUT2D eigenvalue weighted by Crippen LogP contribution is 2.22. The Bertz CT molecular complexity index is 508. The zero-order valence-corrected chi connectivity index (χ0v) is 11.0. The molecule has 1 aromatic rings. The predicted octanol–water partition coefficient (Wildman–Crippen LogP) is 2.73. The van der Waals surface area contributed by atoms with Gasteiger partial charge in [-0.3, -0.25) is 9.69 Å². The number of carbonyl (C=O) groups is 1. The number of aryl methyl sites for hydroxylation is 2. The van der Waals surface area contributed by atoms with E-state index in [4.69, 9.17) is 4.11 Å². The van der Waals surface area contributed by atoms with E-state index in [0.29, 0.717) is 13.0 Å². The van der Waals surface area contributed by atoms with Crippen molar-refractivity contribution in [3.63, 3.8) is 0 Å². The number of carbonyl (C=O) groups excluding carboxylic acids is 1. The zero-order chi connectivity index (χ0) is 15.6. The number of hydrogen-bond donors (Lipinski definition) is 1. The monoisotopic (exact) mass is 249 g/mol. The number of piperidine rings is 1. The molecule has 1 N–H and O–H groups in total. The summed E-state index contributed by atoms with van der Waals surface area (Å²) in [6, 6.07) is 5.23. The van der Waals surface area contributed by atoms with E-state index in [1.807, 2.05) is 32.0 Å². The molecule has 3 nitrogen and oxygen atoms in total. The van der Waals surface area contributed by atoms with Crippen molar-refractivity contribution in [2.24, 2.45) is 0 Å². The van der Waals surface area contributed by atoms with Gasteiger partial charge in [0.15, 0.2) is 0 Å². The summed E-state index contributed by atoms with van der Waals surface area (Å²) in [5.74, 6) is -0.219. The van der Waals surface area contributed by atoms with Crippen molar-refractivity contribution in [2.45, 2.75) is 39.2 Å². The summed E-state index contributed by atoms with van der Waals surface area (Å²) in [6.07, 6.45) is 2.30. The number of benzene rings is 1. The average Bonchev–Trinajstić information content (AvgIpc) is 2.42. The van der Waals surface area contributed by atoms with Crippen molar-refractivity contribution >= 4 is 11.6 Å². The van der Waals surface area contributed by atoms with E-state index in [2.05, 4.69) is 5.32 Å². The fraction of sp³-hybridized carbons (Fsp3) is 0.533. The Morgan fingerprint density at radius 3 is 2.78 bits per heavy atom. The molecule has 1 unspecified atom stereocenters. The maximum absolute atomic E-state index is 12.5. The lowest BCUT2D eigenvalue weighted by molar-refractivity contribution is -0.121. The Kier molecular flexibility index (Phi) is 2.94. The molecule has 1 heterocycles. The summed E-state index contributed by atoms with van der Waals surface area (Å²) in [7, 11) is 0. The minimum atomic E-state index is -2.22. The molecule has 2 rings (SSSR count). The normalized spacial score (nSPS) is 23.9. The van der Waals surface area contributed by atoms with Gasteiger partial charge in [0, 0.05) is 9.80 Å². The molecule has 1 atom stereocenters. The van der Waals surface area contributed by atoms with Crippen LogP contribution in [0.4, 0.5) is 5.69 Å². The molecular weight excluding hydrogens is 224 g/mol. The van der Waals surface area contributed by atoms with Gasteiger partial charge in [0.2, 0.25) is 5.91 Å². The first-order valence-electron chi connectivity index (χ1n) is 7.94. The minimum absolute atomic E-state index is 0.219. The third-order valence-electron chi connectivity index (χ3n) is 3.53. The molecule has 0 bridgehead atoms. The Morgan fingerprint density at radius 1 is 1.39 bits per heavy atom. The Balaban J connectivity index is 2.18. The number of nitrogens with one attached hydrogen (secondary N) is 1. The van der Waals surface area contributed by atoms with Gasteiger partial charge in [0.05, 0.1) is 6.04 Å². The van der Waals surface area contributed by atoms with Gasteiger partial charge in [-0.1, -0.05) is 24.6 Å². The molecule has 1 aromatic carbocycles. The summed E-state index contributed by atoms with van der Waals surface area (Å²) >= 11 is 0. The van der Waals surface area contributed by atoms with Crippen molar-refractivity contribution in [1.29, 1.82) is 0 Å². The number of para-hydroxylation sites is 1. The van der Waals surface area contributed by atoms with Gasteiger partial charge in [0.25, 0.3) is 0 Å². The standard InChI is InChI=1S/C15H22N2O/c1-11-7-6-8-12(2)14(11)16-15(18)13-9-4-5-10-17(13)3/h6-8,13H,4-5,9-10H2,1-3H3,(H,16,18)/i3D3. The average molecular weight is 249 g/mol. The minimum Gasteiger partial charge on any atom is -0.324 e. The maximum atomic E-state index is 12.5. The number of amides is 1. The van der Waals surface area contributed by atoms with E-state index in [9.17, 15) is 4.79 Å². The first-order valence-corrected chi connectivity index (χ1v) is 6.44. The van der Waals surface area contributed by atoms with Crippen LogP contribution in [0.25, 0.3) is 0 Å². The molecular formula is C15H22N2O. The molecule has 0 aromatic heterocycles. The van der Waals surface area contributed by atoms with Gasteiger partial charge in [-0.25, -0.2) is 0 Å². The molecule has 0 spiro atoms. The molecule has 98 valence electrons. The topological polar surface area (TPSA) is 32.3 Å². The molecule has 1 aliphatic rings. The molecule has 1 fully saturated rings. The Morgan fingerprint density at radius 2 is 2.11 bits per heavy atom. The van der Waals surface area contributed by atoms with Crippen LogP contribution in [0.5, 0.6) is 0 Å². The van der Waals surface area contributed by atoms with Crippen LogP contribution in [0, 0.1) is 13.8 Å². The number of anilines is 1. The second-order valence-corrected chi connectivity index (χ2v) is 4.96. The highest BCUT2D eigenvalue weighted by atomic mass is 16.2. The largest absolute Gasteiger partial charge is 0.324 e. The summed E-state index contributed by atoms with van der Waals surface area (Å²) in [5.41, 5.74) is 2.76. The van der Waals surface area contributed by atoms with Crippen molar-refractivity contribution in [3.05, 3.63) is 29.3 Å². The Labute approximate surface area is 113 Å². The third kappa shape index (κ3) is 2.72. The summed E-state index contributed by atoms with van der Waals surface area (Å²) in [5, 5.41) is 2.92. The van der Waals surface area contributed by atoms with Gasteiger partial charge in [-0.15, -0.1) is 0 Å². The van der Waals surface area contributed by atoms with Crippen LogP contribution in [0.15, 0.2) is 18.2 Å². The lowest BCUT2D eigenvalue weighted by atomic mass is 10.0. The van der Waals surface area contributed by atoms with E-state index in [1.165, 1.54) is 4.90 Å². The van der Waals surface area contributed by atoms with Crippen LogP contribution in [0.1, 0.15) is 34.5 Å². The number of hydrogen-bond acceptors (Lipinski definition) is 2. The number of rotatable bonds is 2. The smallest absolute Gasteiger partial charge is 0.241 e. The van der Waals surface area contributed by atoms with Crippen LogP contribution < -0.4 is 5.32 Å². The van der Waals surface area contributed by atoms with Crippen LogP contribution in [0.3, 0.4) is 0 Å². The molecule has 1 saturated heterocycles. The van der Waals surface area contributed by atoms with Crippen molar-refractivity contribution in [1.82, 2.24) is 4.90 Å². The molecule has 0 aliphatic carbocycles. The summed E-state index contributed by atoms with van der Waals surface area (Å²) in [4.78, 5) is 13.9. The number of likely N-dealkylation sites (N-methyl/N-ethyl adjacent to an activating group) is 1. The van der Waals surface area contributed by atoms with Crippen molar-refractivity contribution in [3.8, 4) is 0 Å². The number of likely N-dealkylation sites (tertiary alicyclic amines) is 1. The van der Waals surface area contributed by atoms with E-state index in [0.717, 1.165) is 29.7 Å². The van der Waals surface area contributed by atoms with Crippen molar-refractivity contribution in [2.75, 3.05) is 18.8 Å². The molecule has 1 amide bonds. The van der Waals surface area contributed by atoms with Gasteiger partial charge in [-0.2, -0.15) is 0 Å². The van der Waals surface area contributed by atoms with Crippen LogP contribution in [-0.4, -0.2) is 30.4 Å². The van der Waals surface area contributed by atoms with E-state index >= 15 is 0 Å². The summed E-state index contributed by atoms with van der Waals surface area (Å²) < 4.78 is 22.8. The lowest BCUT2D eigenvalue weighted by Crippen LogP contribution is -2.44. The molecule has 0 radical (unpaired) electrons. The second kappa shape index (κ2) is 5.53. The fourth-order valence-corrected chi connectivity index (χ4v) is 2.42. The first-order chi connectivity index (χ1) is 9.80. The van der Waals surface area contributed by atoms with Crippen LogP contribution in [0.2, 0.25) is 0 Å². The van der Waals surface area contributed by atoms with Crippen LogP contribution >= 0.6 is 0 Å². The van der Waals surface area contributed by atoms with Crippen LogP contribution in [-0.2, 0) is 4.79 Å². The zero-order valence-electron chi connectivity index (χ0n) is 14.0. The number of nitrogens with zero attached hydrogens (tertiary/aromatic N) is 1. The third-order valence-corrected chi connectivity index (χ3v) is 3.53. The first kappa shape index (κ1) is 9.56. The molecule has 18 heavy (non-hydrogen) atoms. The lowest BCUT2D eigenvalue weighted by Gasteiger charge is -2.31. The predicted molar refractivity (Wildman–Crippen MR) is 74.8 cm³/mol. The summed E-state index contributed by atoms with van der Waals surface area (Å²) in [6.45, 7) is 2.10. The molecule has 0 saturated carbocycles. The second-order valence-electron chi connectivity index (χ2n) is 4.96. The quantitative estimate of drug-likeness (QED) is 0.874. The molecule has 3 heteroatoms. The van der Waals surface area contributed by atoms with Crippen molar-refractivity contribution < 1.29 is 8.91 Å². The Hall–Kier alpha value is -1.35. The van der Waals surface area contributed by atoms with E-state index in [-0.39, 0.29) is 5.91 Å². The SMILES string of the molecule is [2H]C([2H])([2H])N1CCCCC1C(=O)Nc1c(C)cccc1C. The molecule has 1 aliphatic heterocycles. The highest BCUT2D eigenvalue weighted by Gasteiger charge is 2.26. The van der Waals surface area contributed by atoms with E-state index in [1.54, 1.807) is 0 Å². The van der Waals surface area contributed by atoms with E-state index < -0.39 is 13.0 Å². The highest BCUT2D eigenvalue weighted by molar-refractivity contribution is 5.96. The fourth-order valence-electron chi connectivity index (χ4n) is 2.42.